The fourth-order valence-electron chi connectivity index (χ4n) is 2.49. The van der Waals surface area contributed by atoms with Crippen molar-refractivity contribution in [2.45, 2.75) is 19.1 Å². The second-order valence-electron chi connectivity index (χ2n) is 5.55. The molecular formula is C18H21NO3. The smallest absolute Gasteiger partial charge is 0.335 e. The minimum Gasteiger partial charge on any atom is -0.478 e. The molecule has 0 aliphatic carbocycles. The summed E-state index contributed by atoms with van der Waals surface area (Å²) in [5.74, 6) is -0.923. The molecule has 1 atom stereocenters. The van der Waals surface area contributed by atoms with Crippen LogP contribution >= 0.6 is 0 Å². The molecule has 116 valence electrons. The van der Waals surface area contributed by atoms with Crippen LogP contribution < -0.4 is 0 Å². The van der Waals surface area contributed by atoms with E-state index in [0.29, 0.717) is 19.5 Å². The van der Waals surface area contributed by atoms with Crippen molar-refractivity contribution in [1.29, 1.82) is 0 Å². The maximum Gasteiger partial charge on any atom is 0.335 e. The molecule has 0 saturated carbocycles. The van der Waals surface area contributed by atoms with Crippen LogP contribution in [0, 0.1) is 0 Å². The van der Waals surface area contributed by atoms with Gasteiger partial charge < -0.3 is 10.2 Å². The number of likely N-dealkylation sites (N-methyl/N-ethyl adjacent to an activating group) is 1. The van der Waals surface area contributed by atoms with Gasteiger partial charge in [-0.2, -0.15) is 0 Å². The van der Waals surface area contributed by atoms with Crippen LogP contribution in [-0.4, -0.2) is 40.8 Å². The molecule has 0 amide bonds. The highest BCUT2D eigenvalue weighted by molar-refractivity contribution is 5.87. The van der Waals surface area contributed by atoms with Gasteiger partial charge in [0.2, 0.25) is 0 Å². The number of carbonyl (C=O) groups is 1. The van der Waals surface area contributed by atoms with E-state index in [1.807, 2.05) is 48.3 Å². The molecule has 2 N–H and O–H groups in total. The van der Waals surface area contributed by atoms with Crippen molar-refractivity contribution in [3.63, 3.8) is 0 Å². The Morgan fingerprint density at radius 1 is 1.09 bits per heavy atom. The molecule has 0 bridgehead atoms. The van der Waals surface area contributed by atoms with Gasteiger partial charge in [-0.1, -0.05) is 42.5 Å². The number of nitrogens with zero attached hydrogens (tertiary/aromatic N) is 1. The standard InChI is InChI=1S/C18H21NO3/c1-19(12-15-8-5-9-16(10-15)18(21)22)13-17(20)11-14-6-3-2-4-7-14/h2-10,17,20H,11-13H2,1H3,(H,21,22). The molecule has 0 heterocycles. The van der Waals surface area contributed by atoms with Crippen LogP contribution in [0.1, 0.15) is 21.5 Å². The van der Waals surface area contributed by atoms with Crippen LogP contribution in [0.2, 0.25) is 0 Å². The lowest BCUT2D eigenvalue weighted by Gasteiger charge is -2.21. The maximum absolute atomic E-state index is 11.0. The number of hydrogen-bond donors (Lipinski definition) is 2. The summed E-state index contributed by atoms with van der Waals surface area (Å²) in [6, 6.07) is 16.8. The Bertz CT molecular complexity index is 613. The zero-order valence-electron chi connectivity index (χ0n) is 12.6. The Kier molecular flexibility index (Phi) is 5.69. The van der Waals surface area contributed by atoms with Gasteiger partial charge in [0.25, 0.3) is 0 Å². The maximum atomic E-state index is 11.0. The summed E-state index contributed by atoms with van der Waals surface area (Å²) in [6.07, 6.45) is 0.162. The second-order valence-corrected chi connectivity index (χ2v) is 5.55. The predicted molar refractivity (Wildman–Crippen MR) is 85.9 cm³/mol. The molecule has 0 saturated heterocycles. The molecule has 2 aromatic rings. The molecule has 2 rings (SSSR count). The van der Waals surface area contributed by atoms with Gasteiger partial charge in [-0.25, -0.2) is 4.79 Å². The second kappa shape index (κ2) is 7.73. The van der Waals surface area contributed by atoms with E-state index in [9.17, 15) is 9.90 Å². The van der Waals surface area contributed by atoms with Crippen LogP contribution in [0.3, 0.4) is 0 Å². The van der Waals surface area contributed by atoms with Crippen molar-refractivity contribution in [2.75, 3.05) is 13.6 Å². The predicted octanol–water partition coefficient (Wildman–Crippen LogP) is 2.42. The molecule has 0 aliphatic heterocycles. The van der Waals surface area contributed by atoms with E-state index in [2.05, 4.69) is 0 Å². The average Bonchev–Trinajstić information content (AvgIpc) is 2.48. The lowest BCUT2D eigenvalue weighted by atomic mass is 10.1. The van der Waals surface area contributed by atoms with Gasteiger partial charge in [-0.15, -0.1) is 0 Å². The average molecular weight is 299 g/mol. The fraction of sp³-hybridized carbons (Fsp3) is 0.278. The Labute approximate surface area is 130 Å². The third-order valence-corrected chi connectivity index (χ3v) is 3.46. The van der Waals surface area contributed by atoms with Gasteiger partial charge in [0.1, 0.15) is 0 Å². The highest BCUT2D eigenvalue weighted by atomic mass is 16.4. The third kappa shape index (κ3) is 4.98. The first-order valence-corrected chi connectivity index (χ1v) is 7.27. The number of hydrogen-bond acceptors (Lipinski definition) is 3. The van der Waals surface area contributed by atoms with Crippen molar-refractivity contribution in [3.8, 4) is 0 Å². The van der Waals surface area contributed by atoms with E-state index >= 15 is 0 Å². The number of aromatic carboxylic acids is 1. The first-order valence-electron chi connectivity index (χ1n) is 7.27. The number of carboxylic acid groups (broad SMARTS) is 1. The van der Waals surface area contributed by atoms with E-state index in [1.165, 1.54) is 0 Å². The van der Waals surface area contributed by atoms with E-state index in [-0.39, 0.29) is 5.56 Å². The van der Waals surface area contributed by atoms with E-state index in [0.717, 1.165) is 11.1 Å². The number of benzene rings is 2. The zero-order chi connectivity index (χ0) is 15.9. The summed E-state index contributed by atoms with van der Waals surface area (Å²) < 4.78 is 0. The first kappa shape index (κ1) is 16.2. The molecule has 0 radical (unpaired) electrons. The van der Waals surface area contributed by atoms with Gasteiger partial charge in [0.15, 0.2) is 0 Å². The molecular weight excluding hydrogens is 278 g/mol. The van der Waals surface area contributed by atoms with Crippen LogP contribution in [-0.2, 0) is 13.0 Å². The van der Waals surface area contributed by atoms with Crippen molar-refractivity contribution < 1.29 is 15.0 Å². The highest BCUT2D eigenvalue weighted by Gasteiger charge is 2.10. The largest absolute Gasteiger partial charge is 0.478 e. The topological polar surface area (TPSA) is 60.8 Å². The van der Waals surface area contributed by atoms with Gasteiger partial charge >= 0.3 is 5.97 Å². The van der Waals surface area contributed by atoms with Crippen molar-refractivity contribution >= 4 is 5.97 Å². The Balaban J connectivity index is 1.88. The van der Waals surface area contributed by atoms with Crippen LogP contribution in [0.25, 0.3) is 0 Å². The SMILES string of the molecule is CN(Cc1cccc(C(=O)O)c1)CC(O)Cc1ccccc1. The number of carboxylic acids is 1. The van der Waals surface area contributed by atoms with Gasteiger partial charge in [0, 0.05) is 13.1 Å². The van der Waals surface area contributed by atoms with E-state index < -0.39 is 12.1 Å². The van der Waals surface area contributed by atoms with E-state index in [1.54, 1.807) is 18.2 Å². The lowest BCUT2D eigenvalue weighted by molar-refractivity contribution is 0.0696. The molecule has 0 aromatic heterocycles. The summed E-state index contributed by atoms with van der Waals surface area (Å²) in [4.78, 5) is 13.0. The summed E-state index contributed by atoms with van der Waals surface area (Å²) in [5.41, 5.74) is 2.32. The minimum absolute atomic E-state index is 0.288. The van der Waals surface area contributed by atoms with Crippen LogP contribution in [0.15, 0.2) is 54.6 Å². The van der Waals surface area contributed by atoms with E-state index in [4.69, 9.17) is 5.11 Å². The minimum atomic E-state index is -0.923. The molecule has 4 nitrogen and oxygen atoms in total. The first-order chi connectivity index (χ1) is 10.5. The molecule has 0 fully saturated rings. The normalized spacial score (nSPS) is 12.3. The molecule has 22 heavy (non-hydrogen) atoms. The number of rotatable bonds is 7. The zero-order valence-corrected chi connectivity index (χ0v) is 12.6. The fourth-order valence-corrected chi connectivity index (χ4v) is 2.49. The summed E-state index contributed by atoms with van der Waals surface area (Å²) in [6.45, 7) is 1.14. The van der Waals surface area contributed by atoms with Crippen LogP contribution in [0.4, 0.5) is 0 Å². The van der Waals surface area contributed by atoms with Crippen LogP contribution in [0.5, 0.6) is 0 Å². The summed E-state index contributed by atoms with van der Waals surface area (Å²) >= 11 is 0. The molecule has 0 aliphatic rings. The van der Waals surface area contributed by atoms with Gasteiger partial charge in [-0.3, -0.25) is 4.90 Å². The molecule has 2 aromatic carbocycles. The quantitative estimate of drug-likeness (QED) is 0.824. The van der Waals surface area contributed by atoms with Gasteiger partial charge in [-0.05, 0) is 36.7 Å². The number of aliphatic hydroxyl groups excluding tert-OH is 1. The molecule has 1 unspecified atom stereocenters. The van der Waals surface area contributed by atoms with Gasteiger partial charge in [0.05, 0.1) is 11.7 Å². The Morgan fingerprint density at radius 3 is 2.45 bits per heavy atom. The number of aliphatic hydroxyl groups is 1. The van der Waals surface area contributed by atoms with Crippen molar-refractivity contribution in [1.82, 2.24) is 4.90 Å². The third-order valence-electron chi connectivity index (χ3n) is 3.46. The lowest BCUT2D eigenvalue weighted by Crippen LogP contribution is -2.30. The molecule has 0 spiro atoms. The molecule has 4 heteroatoms. The Morgan fingerprint density at radius 2 is 1.77 bits per heavy atom. The van der Waals surface area contributed by atoms with Crippen molar-refractivity contribution in [3.05, 3.63) is 71.3 Å². The van der Waals surface area contributed by atoms with Crippen molar-refractivity contribution in [2.24, 2.45) is 0 Å². The summed E-state index contributed by atoms with van der Waals surface area (Å²) in [7, 11) is 1.92. The Hall–Kier alpha value is -2.17. The summed E-state index contributed by atoms with van der Waals surface area (Å²) in [5, 5.41) is 19.2. The highest BCUT2D eigenvalue weighted by Crippen LogP contribution is 2.09. The monoisotopic (exact) mass is 299 g/mol.